The van der Waals surface area contributed by atoms with Gasteiger partial charge in [0.15, 0.2) is 0 Å². The number of unbranched alkanes of at least 4 members (excludes halogenated alkanes) is 28. The molecule has 358 valence electrons. The zero-order chi connectivity index (χ0) is 44.8. The zero-order valence-corrected chi connectivity index (χ0v) is 40.2. The van der Waals surface area contributed by atoms with Crippen LogP contribution < -0.4 is 5.73 Å². The maximum Gasteiger partial charge on any atom is 0.472 e. The molecule has 4 N–H and O–H groups in total. The minimum Gasteiger partial charge on any atom is -0.480 e. The lowest BCUT2D eigenvalue weighted by Crippen LogP contribution is -2.34. The highest BCUT2D eigenvalue weighted by atomic mass is 31.2. The predicted octanol–water partition coefficient (Wildman–Crippen LogP) is 14.4. The summed E-state index contributed by atoms with van der Waals surface area (Å²) in [6, 6.07) is -1.48. The summed E-state index contributed by atoms with van der Waals surface area (Å²) in [6.07, 6.45) is 53.5. The Balaban J connectivity index is 4.10. The van der Waals surface area contributed by atoms with Crippen molar-refractivity contribution in [1.29, 1.82) is 0 Å². The molecule has 0 aliphatic rings. The number of nitrogens with two attached hydrogens (primary N) is 1. The van der Waals surface area contributed by atoms with Gasteiger partial charge >= 0.3 is 19.8 Å². The fourth-order valence-electron chi connectivity index (χ4n) is 6.98. The van der Waals surface area contributed by atoms with Crippen molar-refractivity contribution in [2.24, 2.45) is 5.73 Å². The first kappa shape index (κ1) is 59.2. The maximum absolute atomic E-state index is 12.7. The molecule has 0 fully saturated rings. The molecule has 3 unspecified atom stereocenters. The average molecular weight is 884 g/mol. The SMILES string of the molecule is CCCCC/C=C\C/C=C\CCCCCCCC(=O)OC(COCCCCCCCCCCCCCC/C=C\CCCCCCCCCC)COP(=O)(O)OCC(N)C(=O)O. The third-order valence-corrected chi connectivity index (χ3v) is 11.8. The van der Waals surface area contributed by atoms with E-state index in [0.29, 0.717) is 13.0 Å². The number of hydrogen-bond acceptors (Lipinski definition) is 8. The molecule has 0 saturated carbocycles. The number of phosphoric acid groups is 1. The third-order valence-electron chi connectivity index (χ3n) is 10.9. The standard InChI is InChI=1S/C50H94NO9P/c1-3-5-7-9-11-13-15-17-19-20-21-22-23-24-25-26-27-29-31-33-35-37-39-41-43-57-44-47(45-58-61(55,56)59-46-48(51)50(53)54)60-49(52)42-40-38-36-34-32-30-28-18-16-14-12-10-8-6-4-2/h12,14,18,20-21,28,47-48H,3-11,13,15-17,19,22-27,29-46,51H2,1-2H3,(H,53,54)(H,55,56)/b14-12-,21-20-,28-18-. The van der Waals surface area contributed by atoms with Gasteiger partial charge in [0, 0.05) is 13.0 Å². The number of esters is 1. The number of hydrogen-bond donors (Lipinski definition) is 3. The second-order valence-electron chi connectivity index (χ2n) is 16.9. The van der Waals surface area contributed by atoms with Crippen molar-refractivity contribution in [3.63, 3.8) is 0 Å². The van der Waals surface area contributed by atoms with Crippen LogP contribution >= 0.6 is 7.82 Å². The Bertz CT molecular complexity index is 1110. The van der Waals surface area contributed by atoms with Gasteiger partial charge in [-0.25, -0.2) is 4.57 Å². The second-order valence-corrected chi connectivity index (χ2v) is 18.4. The van der Waals surface area contributed by atoms with Gasteiger partial charge in [-0.15, -0.1) is 0 Å². The fraction of sp³-hybridized carbons (Fsp3) is 0.840. The van der Waals surface area contributed by atoms with Crippen molar-refractivity contribution in [3.05, 3.63) is 36.5 Å². The van der Waals surface area contributed by atoms with Gasteiger partial charge in [-0.3, -0.25) is 18.6 Å². The normalized spacial score (nSPS) is 14.0. The van der Waals surface area contributed by atoms with Crippen LogP contribution in [0.4, 0.5) is 0 Å². The molecular weight excluding hydrogens is 790 g/mol. The van der Waals surface area contributed by atoms with Gasteiger partial charge in [-0.05, 0) is 70.6 Å². The lowest BCUT2D eigenvalue weighted by atomic mass is 10.0. The van der Waals surface area contributed by atoms with Crippen LogP contribution in [0, 0.1) is 0 Å². The van der Waals surface area contributed by atoms with Gasteiger partial charge in [0.25, 0.3) is 0 Å². The van der Waals surface area contributed by atoms with E-state index in [1.807, 2.05) is 0 Å². The molecule has 10 nitrogen and oxygen atoms in total. The number of rotatable bonds is 48. The van der Waals surface area contributed by atoms with E-state index in [1.54, 1.807) is 0 Å². The highest BCUT2D eigenvalue weighted by molar-refractivity contribution is 7.47. The Morgan fingerprint density at radius 1 is 0.525 bits per heavy atom. The number of aliphatic carboxylic acids is 1. The number of phosphoric ester groups is 1. The van der Waals surface area contributed by atoms with Gasteiger partial charge in [0.05, 0.1) is 19.8 Å². The van der Waals surface area contributed by atoms with Crippen LogP contribution in [0.2, 0.25) is 0 Å². The summed E-state index contributed by atoms with van der Waals surface area (Å²) < 4.78 is 33.4. The molecule has 0 saturated heterocycles. The molecule has 0 aromatic carbocycles. The van der Waals surface area contributed by atoms with Gasteiger partial charge in [0.1, 0.15) is 12.1 Å². The van der Waals surface area contributed by atoms with Crippen LogP contribution in [-0.4, -0.2) is 60.5 Å². The number of ether oxygens (including phenoxy) is 2. The van der Waals surface area contributed by atoms with E-state index in [0.717, 1.165) is 57.8 Å². The minimum atomic E-state index is -4.62. The van der Waals surface area contributed by atoms with Gasteiger partial charge in [0.2, 0.25) is 0 Å². The summed E-state index contributed by atoms with van der Waals surface area (Å²) in [5.41, 5.74) is 5.37. The van der Waals surface area contributed by atoms with Crippen molar-refractivity contribution < 1.29 is 42.7 Å². The lowest BCUT2D eigenvalue weighted by Gasteiger charge is -2.20. The maximum atomic E-state index is 12.7. The monoisotopic (exact) mass is 884 g/mol. The molecule has 0 rings (SSSR count). The van der Waals surface area contributed by atoms with Crippen LogP contribution in [-0.2, 0) is 32.7 Å². The predicted molar refractivity (Wildman–Crippen MR) is 254 cm³/mol. The summed E-state index contributed by atoms with van der Waals surface area (Å²) in [6.45, 7) is 3.86. The molecule has 0 amide bonds. The highest BCUT2D eigenvalue weighted by Crippen LogP contribution is 2.43. The molecule has 0 aliphatic heterocycles. The first-order valence-electron chi connectivity index (χ1n) is 25.0. The summed E-state index contributed by atoms with van der Waals surface area (Å²) in [5, 5.41) is 8.92. The second kappa shape index (κ2) is 46.2. The van der Waals surface area contributed by atoms with Crippen molar-refractivity contribution in [2.45, 2.75) is 244 Å². The van der Waals surface area contributed by atoms with E-state index in [4.69, 9.17) is 29.4 Å². The van der Waals surface area contributed by atoms with E-state index in [2.05, 4.69) is 50.3 Å². The first-order valence-corrected chi connectivity index (χ1v) is 26.5. The van der Waals surface area contributed by atoms with Gasteiger partial charge in [-0.1, -0.05) is 192 Å². The Labute approximate surface area is 374 Å². The third kappa shape index (κ3) is 46.0. The van der Waals surface area contributed by atoms with Crippen LogP contribution in [0.1, 0.15) is 232 Å². The van der Waals surface area contributed by atoms with E-state index in [9.17, 15) is 19.0 Å². The van der Waals surface area contributed by atoms with Crippen LogP contribution in [0.25, 0.3) is 0 Å². The van der Waals surface area contributed by atoms with Crippen molar-refractivity contribution in [3.8, 4) is 0 Å². The molecule has 0 bridgehead atoms. The molecule has 0 aliphatic carbocycles. The van der Waals surface area contributed by atoms with E-state index >= 15 is 0 Å². The molecule has 0 aromatic rings. The topological polar surface area (TPSA) is 155 Å². The van der Waals surface area contributed by atoms with Crippen molar-refractivity contribution >= 4 is 19.8 Å². The van der Waals surface area contributed by atoms with E-state index < -0.39 is 45.1 Å². The molecule has 0 heterocycles. The molecule has 0 spiro atoms. The van der Waals surface area contributed by atoms with E-state index in [-0.39, 0.29) is 13.0 Å². The van der Waals surface area contributed by atoms with Crippen LogP contribution in [0.3, 0.4) is 0 Å². The Kier molecular flexibility index (Phi) is 44.8. The Morgan fingerprint density at radius 3 is 1.38 bits per heavy atom. The number of carbonyl (C=O) groups excluding carboxylic acids is 1. The molecule has 0 aromatic heterocycles. The molecule has 61 heavy (non-hydrogen) atoms. The number of allylic oxidation sites excluding steroid dienone is 6. The Hall–Kier alpha value is -1.81. The van der Waals surface area contributed by atoms with Crippen LogP contribution in [0.5, 0.6) is 0 Å². The van der Waals surface area contributed by atoms with Gasteiger partial charge in [-0.2, -0.15) is 0 Å². The smallest absolute Gasteiger partial charge is 0.472 e. The highest BCUT2D eigenvalue weighted by Gasteiger charge is 2.27. The van der Waals surface area contributed by atoms with Crippen molar-refractivity contribution in [1.82, 2.24) is 0 Å². The lowest BCUT2D eigenvalue weighted by molar-refractivity contribution is -0.154. The number of carboxylic acids is 1. The molecular formula is C50H94NO9P. The average Bonchev–Trinajstić information content (AvgIpc) is 3.24. The Morgan fingerprint density at radius 2 is 0.902 bits per heavy atom. The minimum absolute atomic E-state index is 0.0125. The van der Waals surface area contributed by atoms with Gasteiger partial charge < -0.3 is 25.2 Å². The number of carbonyl (C=O) groups is 2. The van der Waals surface area contributed by atoms with E-state index in [1.165, 1.54) is 148 Å². The molecule has 3 atom stereocenters. The summed E-state index contributed by atoms with van der Waals surface area (Å²) in [5.74, 6) is -1.79. The van der Waals surface area contributed by atoms with Crippen LogP contribution in [0.15, 0.2) is 36.5 Å². The summed E-state index contributed by atoms with van der Waals surface area (Å²) in [4.78, 5) is 33.6. The fourth-order valence-corrected chi connectivity index (χ4v) is 7.76. The molecule has 11 heteroatoms. The van der Waals surface area contributed by atoms with Crippen molar-refractivity contribution in [2.75, 3.05) is 26.4 Å². The zero-order valence-electron chi connectivity index (χ0n) is 39.3. The largest absolute Gasteiger partial charge is 0.480 e. The summed E-state index contributed by atoms with van der Waals surface area (Å²) >= 11 is 0. The first-order chi connectivity index (χ1) is 29.7. The quantitative estimate of drug-likeness (QED) is 0.0233. The molecule has 0 radical (unpaired) electrons. The summed E-state index contributed by atoms with van der Waals surface area (Å²) in [7, 11) is -4.62. The number of carboxylic acid groups (broad SMARTS) is 1.